The summed E-state index contributed by atoms with van der Waals surface area (Å²) in [6.07, 6.45) is 0.531. The van der Waals surface area contributed by atoms with Gasteiger partial charge in [0, 0.05) is 12.1 Å². The third-order valence-corrected chi connectivity index (χ3v) is 5.46. The van der Waals surface area contributed by atoms with Gasteiger partial charge in [-0.05, 0) is 60.9 Å². The molecule has 0 saturated carbocycles. The number of carbonyl (C=O) groups is 2. The fraction of sp³-hybridized carbons (Fsp3) is 0.310. The summed E-state index contributed by atoms with van der Waals surface area (Å²) in [7, 11) is 1.58. The van der Waals surface area contributed by atoms with Crippen LogP contribution in [0, 0.1) is 0 Å². The first kappa shape index (κ1) is 26.6. The molecule has 0 aliphatic carbocycles. The number of hydrogen-bond acceptors (Lipinski definition) is 6. The third kappa shape index (κ3) is 8.05. The second kappa shape index (κ2) is 13.8. The standard InChI is InChI=1S/C29H33NO6/c1-4-5-17-34-29(32)30-19-23-11-16-26(35-20-22-9-7-6-8-10-22)27(18-23)36-21(2)28(31)24-12-14-25(33-3)15-13-24/h6-16,18,21H,4-5,17,19-20H2,1-3H3,(H,30,32). The summed E-state index contributed by atoms with van der Waals surface area (Å²) in [6, 6.07) is 22.1. The van der Waals surface area contributed by atoms with Crippen LogP contribution < -0.4 is 19.5 Å². The monoisotopic (exact) mass is 491 g/mol. The van der Waals surface area contributed by atoms with Crippen LogP contribution in [0.4, 0.5) is 4.79 Å². The second-order valence-electron chi connectivity index (χ2n) is 8.25. The van der Waals surface area contributed by atoms with Crippen LogP contribution in [0.2, 0.25) is 0 Å². The van der Waals surface area contributed by atoms with E-state index in [2.05, 4.69) is 5.32 Å². The largest absolute Gasteiger partial charge is 0.497 e. The molecule has 3 aromatic carbocycles. The minimum absolute atomic E-state index is 0.172. The van der Waals surface area contributed by atoms with Crippen LogP contribution in [0.5, 0.6) is 17.2 Å². The van der Waals surface area contributed by atoms with Crippen LogP contribution >= 0.6 is 0 Å². The Bertz CT molecular complexity index is 1110. The number of carbonyl (C=O) groups excluding carboxylic acids is 2. The van der Waals surface area contributed by atoms with Crippen molar-refractivity contribution in [3.05, 3.63) is 89.5 Å². The van der Waals surface area contributed by atoms with Gasteiger partial charge in [0.2, 0.25) is 5.78 Å². The van der Waals surface area contributed by atoms with Gasteiger partial charge in [0.15, 0.2) is 17.6 Å². The number of ether oxygens (including phenoxy) is 4. The van der Waals surface area contributed by atoms with Gasteiger partial charge in [-0.2, -0.15) is 0 Å². The van der Waals surface area contributed by atoms with E-state index in [0.717, 1.165) is 24.0 Å². The zero-order chi connectivity index (χ0) is 25.8. The molecule has 190 valence electrons. The number of rotatable bonds is 13. The van der Waals surface area contributed by atoms with Crippen LogP contribution in [-0.2, 0) is 17.9 Å². The third-order valence-electron chi connectivity index (χ3n) is 5.46. The molecule has 0 spiro atoms. The van der Waals surface area contributed by atoms with Gasteiger partial charge in [0.1, 0.15) is 12.4 Å². The lowest BCUT2D eigenvalue weighted by Gasteiger charge is -2.18. The lowest BCUT2D eigenvalue weighted by Crippen LogP contribution is -2.25. The molecule has 0 heterocycles. The summed E-state index contributed by atoms with van der Waals surface area (Å²) in [6.45, 7) is 4.71. The molecule has 0 aromatic heterocycles. The van der Waals surface area contributed by atoms with E-state index in [1.54, 1.807) is 50.4 Å². The Labute approximate surface area is 212 Å². The molecule has 1 atom stereocenters. The van der Waals surface area contributed by atoms with Gasteiger partial charge in [-0.15, -0.1) is 0 Å². The van der Waals surface area contributed by atoms with Crippen molar-refractivity contribution in [1.82, 2.24) is 5.32 Å². The predicted octanol–water partition coefficient (Wildman–Crippen LogP) is 5.95. The van der Waals surface area contributed by atoms with Crippen molar-refractivity contribution in [3.63, 3.8) is 0 Å². The van der Waals surface area contributed by atoms with Gasteiger partial charge in [0.05, 0.1) is 13.7 Å². The molecular formula is C29H33NO6. The number of benzene rings is 3. The number of Topliss-reactive ketones (excluding diaryl/α,β-unsaturated/α-hetero) is 1. The van der Waals surface area contributed by atoms with Gasteiger partial charge in [-0.25, -0.2) is 4.79 Å². The molecule has 3 aromatic rings. The number of ketones is 1. The summed E-state index contributed by atoms with van der Waals surface area (Å²) in [4.78, 5) is 24.9. The van der Waals surface area contributed by atoms with Crippen LogP contribution in [-0.4, -0.2) is 31.7 Å². The molecule has 0 bridgehead atoms. The van der Waals surface area contributed by atoms with Gasteiger partial charge in [-0.1, -0.05) is 49.7 Å². The molecule has 1 N–H and O–H groups in total. The van der Waals surface area contributed by atoms with Crippen molar-refractivity contribution in [3.8, 4) is 17.2 Å². The Morgan fingerprint density at radius 3 is 2.36 bits per heavy atom. The summed E-state index contributed by atoms with van der Waals surface area (Å²) in [5, 5.41) is 2.74. The summed E-state index contributed by atoms with van der Waals surface area (Å²) < 4.78 is 22.4. The Kier molecular flexibility index (Phi) is 10.2. The van der Waals surface area contributed by atoms with Gasteiger partial charge < -0.3 is 24.3 Å². The van der Waals surface area contributed by atoms with Crippen molar-refractivity contribution in [2.24, 2.45) is 0 Å². The lowest BCUT2D eigenvalue weighted by atomic mass is 10.1. The highest BCUT2D eigenvalue weighted by Gasteiger charge is 2.20. The first-order valence-corrected chi connectivity index (χ1v) is 12.0. The zero-order valence-electron chi connectivity index (χ0n) is 21.0. The Morgan fingerprint density at radius 1 is 0.917 bits per heavy atom. The predicted molar refractivity (Wildman–Crippen MR) is 138 cm³/mol. The first-order chi connectivity index (χ1) is 17.5. The van der Waals surface area contributed by atoms with E-state index in [1.165, 1.54) is 0 Å². The van der Waals surface area contributed by atoms with Crippen LogP contribution in [0.15, 0.2) is 72.8 Å². The molecule has 36 heavy (non-hydrogen) atoms. The Hall–Kier alpha value is -4.00. The van der Waals surface area contributed by atoms with Gasteiger partial charge >= 0.3 is 6.09 Å². The highest BCUT2D eigenvalue weighted by Crippen LogP contribution is 2.31. The number of unbranched alkanes of at least 4 members (excludes halogenated alkanes) is 1. The molecule has 3 rings (SSSR count). The van der Waals surface area contributed by atoms with E-state index in [1.807, 2.05) is 43.3 Å². The molecule has 1 amide bonds. The number of alkyl carbamates (subject to hydrolysis) is 1. The summed E-state index contributed by atoms with van der Waals surface area (Å²) in [5.41, 5.74) is 2.31. The minimum atomic E-state index is -0.764. The average Bonchev–Trinajstić information content (AvgIpc) is 2.91. The molecule has 0 radical (unpaired) electrons. The molecule has 7 nitrogen and oxygen atoms in total. The summed E-state index contributed by atoms with van der Waals surface area (Å²) >= 11 is 0. The maximum Gasteiger partial charge on any atom is 0.407 e. The number of methoxy groups -OCH3 is 1. The average molecular weight is 492 g/mol. The second-order valence-corrected chi connectivity index (χ2v) is 8.25. The van der Waals surface area contributed by atoms with Crippen molar-refractivity contribution < 1.29 is 28.5 Å². The molecule has 0 fully saturated rings. The summed E-state index contributed by atoms with van der Waals surface area (Å²) in [5.74, 6) is 1.42. The molecule has 7 heteroatoms. The van der Waals surface area contributed by atoms with Gasteiger partial charge in [0.25, 0.3) is 0 Å². The maximum atomic E-state index is 13.0. The van der Waals surface area contributed by atoms with Crippen LogP contribution in [0.3, 0.4) is 0 Å². The molecular weight excluding hydrogens is 458 g/mol. The van der Waals surface area contributed by atoms with E-state index in [4.69, 9.17) is 18.9 Å². The number of hydrogen-bond donors (Lipinski definition) is 1. The smallest absolute Gasteiger partial charge is 0.407 e. The minimum Gasteiger partial charge on any atom is -0.497 e. The molecule has 0 aliphatic heterocycles. The van der Waals surface area contributed by atoms with Gasteiger partial charge in [-0.3, -0.25) is 4.79 Å². The van der Waals surface area contributed by atoms with E-state index in [9.17, 15) is 9.59 Å². The zero-order valence-corrected chi connectivity index (χ0v) is 21.0. The van der Waals surface area contributed by atoms with Crippen molar-refractivity contribution in [2.75, 3.05) is 13.7 Å². The van der Waals surface area contributed by atoms with Crippen molar-refractivity contribution in [1.29, 1.82) is 0 Å². The highest BCUT2D eigenvalue weighted by atomic mass is 16.5. The van der Waals surface area contributed by atoms with E-state index in [-0.39, 0.29) is 12.3 Å². The fourth-order valence-electron chi connectivity index (χ4n) is 3.38. The Balaban J connectivity index is 1.73. The molecule has 0 saturated heterocycles. The molecule has 1 unspecified atom stereocenters. The fourth-order valence-corrected chi connectivity index (χ4v) is 3.38. The quantitative estimate of drug-likeness (QED) is 0.235. The van der Waals surface area contributed by atoms with Crippen molar-refractivity contribution in [2.45, 2.75) is 45.9 Å². The highest BCUT2D eigenvalue weighted by molar-refractivity contribution is 5.99. The van der Waals surface area contributed by atoms with E-state index >= 15 is 0 Å². The van der Waals surface area contributed by atoms with Crippen LogP contribution in [0.25, 0.3) is 0 Å². The first-order valence-electron chi connectivity index (χ1n) is 12.0. The number of nitrogens with one attached hydrogen (secondary N) is 1. The van der Waals surface area contributed by atoms with E-state index in [0.29, 0.717) is 36.0 Å². The number of amides is 1. The topological polar surface area (TPSA) is 83.1 Å². The SMILES string of the molecule is CCCCOC(=O)NCc1ccc(OCc2ccccc2)c(OC(C)C(=O)c2ccc(OC)cc2)c1. The normalized spacial score (nSPS) is 11.3. The van der Waals surface area contributed by atoms with Crippen LogP contribution in [0.1, 0.15) is 48.2 Å². The maximum absolute atomic E-state index is 13.0. The molecule has 0 aliphatic rings. The Morgan fingerprint density at radius 2 is 1.67 bits per heavy atom. The lowest BCUT2D eigenvalue weighted by molar-refractivity contribution is 0.0811. The van der Waals surface area contributed by atoms with E-state index < -0.39 is 12.2 Å². The van der Waals surface area contributed by atoms with Crippen molar-refractivity contribution >= 4 is 11.9 Å².